The molecule has 24 heavy (non-hydrogen) atoms. The van der Waals surface area contributed by atoms with Gasteiger partial charge in [-0.15, -0.1) is 0 Å². The lowest BCUT2D eigenvalue weighted by Crippen LogP contribution is -2.41. The van der Waals surface area contributed by atoms with Crippen LogP contribution in [0, 0.1) is 0 Å². The lowest BCUT2D eigenvalue weighted by molar-refractivity contribution is -0.118. The summed E-state index contributed by atoms with van der Waals surface area (Å²) in [7, 11) is 0. The molecule has 1 aliphatic rings. The third-order valence-corrected chi connectivity index (χ3v) is 4.01. The predicted molar refractivity (Wildman–Crippen MR) is 91.7 cm³/mol. The van der Waals surface area contributed by atoms with Crippen LogP contribution in [0.15, 0.2) is 54.6 Å². The Hall–Kier alpha value is -2.82. The minimum absolute atomic E-state index is 0.0909. The van der Waals surface area contributed by atoms with E-state index in [1.165, 1.54) is 5.56 Å². The first-order valence-electron chi connectivity index (χ1n) is 8.07. The van der Waals surface area contributed by atoms with Gasteiger partial charge in [-0.05, 0) is 23.6 Å². The van der Waals surface area contributed by atoms with E-state index >= 15 is 0 Å². The van der Waals surface area contributed by atoms with Crippen LogP contribution in [0.4, 0.5) is 10.5 Å². The number of anilines is 1. The summed E-state index contributed by atoms with van der Waals surface area (Å²) in [6.45, 7) is 1.03. The molecule has 0 radical (unpaired) electrons. The summed E-state index contributed by atoms with van der Waals surface area (Å²) in [5, 5.41) is 2.70. The fourth-order valence-corrected chi connectivity index (χ4v) is 2.79. The first-order valence-corrected chi connectivity index (χ1v) is 8.07. The lowest BCUT2D eigenvalue weighted by atomic mass is 10.0. The Morgan fingerprint density at radius 2 is 1.79 bits per heavy atom. The molecule has 0 saturated carbocycles. The molecule has 0 atom stereocenters. The number of nitrogens with zero attached hydrogens (tertiary/aromatic N) is 1. The third-order valence-electron chi connectivity index (χ3n) is 4.01. The molecule has 2 amide bonds. The number of amides is 2. The van der Waals surface area contributed by atoms with E-state index < -0.39 is 6.09 Å². The van der Waals surface area contributed by atoms with Gasteiger partial charge >= 0.3 is 6.09 Å². The molecule has 3 rings (SSSR count). The van der Waals surface area contributed by atoms with Gasteiger partial charge in [0.1, 0.15) is 6.61 Å². The number of carbonyl (C=O) groups is 2. The monoisotopic (exact) mass is 324 g/mol. The zero-order valence-electron chi connectivity index (χ0n) is 13.4. The molecular formula is C19H20N2O3. The number of ether oxygens (including phenoxy) is 1. The zero-order valence-corrected chi connectivity index (χ0v) is 13.4. The van der Waals surface area contributed by atoms with Gasteiger partial charge in [-0.3, -0.25) is 4.79 Å². The Morgan fingerprint density at radius 1 is 1.04 bits per heavy atom. The Kier molecular flexibility index (Phi) is 5.11. The number of alkyl carbamates (subject to hydrolysis) is 1. The van der Waals surface area contributed by atoms with Gasteiger partial charge in [0.25, 0.3) is 0 Å². The predicted octanol–water partition coefficient (Wildman–Crippen LogP) is 2.89. The molecule has 0 aromatic heterocycles. The van der Waals surface area contributed by atoms with Crippen molar-refractivity contribution in [3.05, 3.63) is 65.7 Å². The second-order valence-electron chi connectivity index (χ2n) is 5.66. The number of benzene rings is 2. The first kappa shape index (κ1) is 16.1. The largest absolute Gasteiger partial charge is 0.445 e. The van der Waals surface area contributed by atoms with E-state index in [4.69, 9.17) is 4.74 Å². The fraction of sp³-hybridized carbons (Fsp3) is 0.263. The highest BCUT2D eigenvalue weighted by molar-refractivity contribution is 5.96. The van der Waals surface area contributed by atoms with E-state index in [-0.39, 0.29) is 12.5 Å². The lowest BCUT2D eigenvalue weighted by Gasteiger charge is -2.29. The molecule has 0 aliphatic carbocycles. The molecule has 0 spiro atoms. The van der Waals surface area contributed by atoms with Crippen molar-refractivity contribution in [2.45, 2.75) is 19.4 Å². The Labute approximate surface area is 141 Å². The minimum atomic E-state index is -0.475. The van der Waals surface area contributed by atoms with Gasteiger partial charge in [0.05, 0.1) is 0 Å². The van der Waals surface area contributed by atoms with Crippen molar-refractivity contribution in [2.75, 3.05) is 18.0 Å². The van der Waals surface area contributed by atoms with Gasteiger partial charge < -0.3 is 15.0 Å². The number of rotatable bonds is 5. The molecule has 5 nitrogen and oxygen atoms in total. The molecule has 0 bridgehead atoms. The number of fused-ring (bicyclic) bond motifs is 1. The van der Waals surface area contributed by atoms with Crippen molar-refractivity contribution < 1.29 is 14.3 Å². The number of hydrogen-bond donors (Lipinski definition) is 1. The van der Waals surface area contributed by atoms with Gasteiger partial charge in [0, 0.05) is 25.2 Å². The number of hydrogen-bond acceptors (Lipinski definition) is 3. The minimum Gasteiger partial charge on any atom is -0.445 e. The number of carbonyl (C=O) groups excluding carboxylic acids is 2. The maximum Gasteiger partial charge on any atom is 0.407 e. The number of para-hydroxylation sites is 1. The molecule has 2 aromatic rings. The maximum absolute atomic E-state index is 12.1. The molecule has 1 N–H and O–H groups in total. The quantitative estimate of drug-likeness (QED) is 0.920. The number of aryl methyl sites for hydroxylation is 1. The highest BCUT2D eigenvalue weighted by Gasteiger charge is 2.23. The van der Waals surface area contributed by atoms with Crippen molar-refractivity contribution in [3.63, 3.8) is 0 Å². The third kappa shape index (κ3) is 3.93. The summed E-state index contributed by atoms with van der Waals surface area (Å²) in [4.78, 5) is 25.6. The van der Waals surface area contributed by atoms with Crippen LogP contribution in [-0.4, -0.2) is 25.1 Å². The van der Waals surface area contributed by atoms with E-state index in [1.807, 2.05) is 54.6 Å². The van der Waals surface area contributed by atoms with Crippen LogP contribution in [0.5, 0.6) is 0 Å². The average molecular weight is 324 g/mol. The van der Waals surface area contributed by atoms with Crippen LogP contribution < -0.4 is 10.2 Å². The van der Waals surface area contributed by atoms with E-state index in [9.17, 15) is 9.59 Å². The van der Waals surface area contributed by atoms with Crippen LogP contribution in [0.2, 0.25) is 0 Å². The van der Waals surface area contributed by atoms with E-state index in [2.05, 4.69) is 5.32 Å². The molecular weight excluding hydrogens is 304 g/mol. The highest BCUT2D eigenvalue weighted by Crippen LogP contribution is 2.26. The molecule has 2 aromatic carbocycles. The van der Waals surface area contributed by atoms with Crippen LogP contribution >= 0.6 is 0 Å². The molecule has 0 unspecified atom stereocenters. The van der Waals surface area contributed by atoms with Crippen molar-refractivity contribution in [1.29, 1.82) is 0 Å². The molecule has 1 heterocycles. The highest BCUT2D eigenvalue weighted by atomic mass is 16.5. The summed E-state index contributed by atoms with van der Waals surface area (Å²) in [6, 6.07) is 17.4. The molecule has 0 fully saturated rings. The van der Waals surface area contributed by atoms with E-state index in [1.54, 1.807) is 4.90 Å². The fourth-order valence-electron chi connectivity index (χ4n) is 2.79. The standard InChI is InChI=1S/C19H20N2O3/c22-18-11-10-16-8-4-5-9-17(16)21(18)13-12-20-19(23)24-14-15-6-2-1-3-7-15/h1-9H,10-14H2,(H,20,23). The van der Waals surface area contributed by atoms with Gasteiger partial charge in [-0.25, -0.2) is 4.79 Å². The second kappa shape index (κ2) is 7.64. The second-order valence-corrected chi connectivity index (χ2v) is 5.66. The smallest absolute Gasteiger partial charge is 0.407 e. The van der Waals surface area contributed by atoms with Crippen LogP contribution in [0.25, 0.3) is 0 Å². The summed E-state index contributed by atoms with van der Waals surface area (Å²) in [5.74, 6) is 0.0909. The maximum atomic E-state index is 12.1. The molecule has 5 heteroatoms. The van der Waals surface area contributed by atoms with Crippen LogP contribution in [-0.2, 0) is 22.6 Å². The van der Waals surface area contributed by atoms with Gasteiger partial charge in [0.15, 0.2) is 0 Å². The topological polar surface area (TPSA) is 58.6 Å². The van der Waals surface area contributed by atoms with Crippen molar-refractivity contribution >= 4 is 17.7 Å². The normalized spacial score (nSPS) is 13.3. The van der Waals surface area contributed by atoms with E-state index in [0.717, 1.165) is 17.7 Å². The average Bonchev–Trinajstić information content (AvgIpc) is 2.63. The Morgan fingerprint density at radius 3 is 2.62 bits per heavy atom. The summed E-state index contributed by atoms with van der Waals surface area (Å²) >= 11 is 0. The van der Waals surface area contributed by atoms with Crippen LogP contribution in [0.3, 0.4) is 0 Å². The van der Waals surface area contributed by atoms with Crippen molar-refractivity contribution in [2.24, 2.45) is 0 Å². The van der Waals surface area contributed by atoms with Crippen LogP contribution in [0.1, 0.15) is 17.5 Å². The number of nitrogens with one attached hydrogen (secondary N) is 1. The van der Waals surface area contributed by atoms with Gasteiger partial charge in [-0.1, -0.05) is 48.5 Å². The van der Waals surface area contributed by atoms with E-state index in [0.29, 0.717) is 19.5 Å². The molecule has 0 saturated heterocycles. The van der Waals surface area contributed by atoms with Crippen molar-refractivity contribution in [3.8, 4) is 0 Å². The van der Waals surface area contributed by atoms with Crippen molar-refractivity contribution in [1.82, 2.24) is 5.32 Å². The molecule has 124 valence electrons. The Balaban J connectivity index is 1.48. The summed E-state index contributed by atoms with van der Waals surface area (Å²) in [6.07, 6.45) is 0.810. The van der Waals surface area contributed by atoms with Gasteiger partial charge in [-0.2, -0.15) is 0 Å². The van der Waals surface area contributed by atoms with Gasteiger partial charge in [0.2, 0.25) is 5.91 Å². The zero-order chi connectivity index (χ0) is 16.8. The summed E-state index contributed by atoms with van der Waals surface area (Å²) < 4.78 is 5.16. The summed E-state index contributed by atoms with van der Waals surface area (Å²) in [5.41, 5.74) is 3.05. The first-order chi connectivity index (χ1) is 11.7. The molecule has 1 aliphatic heterocycles. The SMILES string of the molecule is O=C(NCCN1C(=O)CCc2ccccc21)OCc1ccccc1. The Bertz CT molecular complexity index is 716.